The van der Waals surface area contributed by atoms with Gasteiger partial charge in [0, 0.05) is 36.5 Å². The first kappa shape index (κ1) is 22.9. The Morgan fingerprint density at radius 3 is 2.74 bits per heavy atom. The Labute approximate surface area is 195 Å². The van der Waals surface area contributed by atoms with Crippen LogP contribution in [-0.2, 0) is 11.2 Å². The highest BCUT2D eigenvalue weighted by molar-refractivity contribution is 6.06. The van der Waals surface area contributed by atoms with Gasteiger partial charge in [0.25, 0.3) is 11.6 Å². The lowest BCUT2D eigenvalue weighted by Gasteiger charge is -2.28. The van der Waals surface area contributed by atoms with E-state index in [1.165, 1.54) is 12.1 Å². The fourth-order valence-corrected chi connectivity index (χ4v) is 3.82. The number of carbonyl (C=O) groups is 1. The van der Waals surface area contributed by atoms with E-state index in [0.717, 1.165) is 0 Å². The van der Waals surface area contributed by atoms with E-state index in [1.807, 2.05) is 0 Å². The number of aromatic nitrogens is 3. The molecule has 4 rings (SSSR count). The van der Waals surface area contributed by atoms with Crippen LogP contribution in [0.5, 0.6) is 5.75 Å². The lowest BCUT2D eigenvalue weighted by Crippen LogP contribution is -2.31. The summed E-state index contributed by atoms with van der Waals surface area (Å²) in [7, 11) is 1.56. The molecule has 0 aliphatic carbocycles. The van der Waals surface area contributed by atoms with Gasteiger partial charge >= 0.3 is 0 Å². The predicted octanol–water partition coefficient (Wildman–Crippen LogP) is 3.05. The average Bonchev–Trinajstić information content (AvgIpc) is 3.24. The molecule has 0 saturated carbocycles. The first-order valence-corrected chi connectivity index (χ1v) is 10.6. The molecule has 0 fully saturated rings. The fourth-order valence-electron chi connectivity index (χ4n) is 3.82. The third-order valence-electron chi connectivity index (χ3n) is 5.44. The standard InChI is InChI=1S/C23H24N6O5/c1-14-20(22(31)25-16-8-10-18(34-2)11-9-16)21(15-5-3-6-17(13-15)29(32)33)28-23(24-14)26-19(27-28)7-4-12-30/h3,5-6,8-11,13,21,30H,4,7,12H2,1-2H3,(H,25,31)(H,24,26,27)/t21-/m1/s1. The number of aliphatic hydroxyl groups is 1. The van der Waals surface area contributed by atoms with Gasteiger partial charge in [-0.3, -0.25) is 14.9 Å². The number of benzene rings is 2. The summed E-state index contributed by atoms with van der Waals surface area (Å²) in [5.41, 5.74) is 1.90. The Morgan fingerprint density at radius 1 is 1.29 bits per heavy atom. The molecular weight excluding hydrogens is 440 g/mol. The van der Waals surface area contributed by atoms with Gasteiger partial charge in [0.05, 0.1) is 17.6 Å². The molecule has 1 amide bonds. The Hall–Kier alpha value is -4.25. The second-order valence-electron chi connectivity index (χ2n) is 7.72. The highest BCUT2D eigenvalue weighted by atomic mass is 16.6. The number of rotatable bonds is 8. The number of fused-ring (bicyclic) bond motifs is 1. The monoisotopic (exact) mass is 464 g/mol. The molecule has 2 aromatic carbocycles. The molecule has 34 heavy (non-hydrogen) atoms. The molecule has 0 saturated heterocycles. The second-order valence-corrected chi connectivity index (χ2v) is 7.72. The minimum Gasteiger partial charge on any atom is -0.497 e. The van der Waals surface area contributed by atoms with E-state index in [1.54, 1.807) is 55.1 Å². The van der Waals surface area contributed by atoms with E-state index in [4.69, 9.17) is 9.84 Å². The number of anilines is 2. The van der Waals surface area contributed by atoms with Gasteiger partial charge in [-0.25, -0.2) is 4.68 Å². The molecule has 176 valence electrons. The van der Waals surface area contributed by atoms with Gasteiger partial charge in [0.1, 0.15) is 11.8 Å². The normalized spacial score (nSPS) is 14.9. The molecule has 0 bridgehead atoms. The van der Waals surface area contributed by atoms with Crippen LogP contribution in [-0.4, -0.2) is 44.4 Å². The smallest absolute Gasteiger partial charge is 0.269 e. The maximum absolute atomic E-state index is 13.5. The minimum absolute atomic E-state index is 0.00158. The number of nitro groups is 1. The summed E-state index contributed by atoms with van der Waals surface area (Å²) in [6, 6.07) is 12.3. The minimum atomic E-state index is -0.746. The van der Waals surface area contributed by atoms with Crippen LogP contribution in [0.1, 0.15) is 30.8 Å². The first-order valence-electron chi connectivity index (χ1n) is 10.6. The number of non-ortho nitro benzene ring substituents is 1. The number of carbonyl (C=O) groups excluding carboxylic acids is 1. The van der Waals surface area contributed by atoms with Gasteiger partial charge in [0.15, 0.2) is 5.82 Å². The summed E-state index contributed by atoms with van der Waals surface area (Å²) in [6.45, 7) is 1.75. The number of aryl methyl sites for hydroxylation is 1. The largest absolute Gasteiger partial charge is 0.497 e. The van der Waals surface area contributed by atoms with Crippen LogP contribution in [0.25, 0.3) is 0 Å². The third-order valence-corrected chi connectivity index (χ3v) is 5.44. The molecule has 1 atom stereocenters. The number of hydrogen-bond donors (Lipinski definition) is 3. The quantitative estimate of drug-likeness (QED) is 0.341. The zero-order chi connectivity index (χ0) is 24.2. The van der Waals surface area contributed by atoms with Crippen LogP contribution in [0.15, 0.2) is 59.8 Å². The van der Waals surface area contributed by atoms with Crippen LogP contribution in [0.3, 0.4) is 0 Å². The topological polar surface area (TPSA) is 144 Å². The van der Waals surface area contributed by atoms with Crippen LogP contribution in [0.4, 0.5) is 17.3 Å². The van der Waals surface area contributed by atoms with Crippen molar-refractivity contribution >= 4 is 23.2 Å². The van der Waals surface area contributed by atoms with Crippen LogP contribution in [0.2, 0.25) is 0 Å². The van der Waals surface area contributed by atoms with Crippen molar-refractivity contribution in [3.63, 3.8) is 0 Å². The van der Waals surface area contributed by atoms with Crippen LogP contribution >= 0.6 is 0 Å². The predicted molar refractivity (Wildman–Crippen MR) is 125 cm³/mol. The average molecular weight is 464 g/mol. The van der Waals surface area contributed by atoms with E-state index in [0.29, 0.717) is 52.9 Å². The molecule has 1 aliphatic rings. The van der Waals surface area contributed by atoms with E-state index in [2.05, 4.69) is 20.7 Å². The number of aliphatic hydroxyl groups excluding tert-OH is 1. The lowest BCUT2D eigenvalue weighted by atomic mass is 9.94. The summed E-state index contributed by atoms with van der Waals surface area (Å²) in [5.74, 6) is 1.19. The molecule has 0 radical (unpaired) electrons. The van der Waals surface area contributed by atoms with Crippen molar-refractivity contribution in [3.8, 4) is 5.75 Å². The number of amides is 1. The number of hydrogen-bond acceptors (Lipinski definition) is 8. The van der Waals surface area contributed by atoms with E-state index in [-0.39, 0.29) is 18.2 Å². The van der Waals surface area contributed by atoms with E-state index >= 15 is 0 Å². The molecule has 3 N–H and O–H groups in total. The number of nitro benzene ring substituents is 1. The Bertz CT molecular complexity index is 1250. The first-order chi connectivity index (χ1) is 16.4. The second kappa shape index (κ2) is 9.71. The molecule has 1 aliphatic heterocycles. The van der Waals surface area contributed by atoms with Crippen molar-refractivity contribution in [2.45, 2.75) is 25.8 Å². The lowest BCUT2D eigenvalue weighted by molar-refractivity contribution is -0.384. The van der Waals surface area contributed by atoms with E-state index < -0.39 is 11.0 Å². The van der Waals surface area contributed by atoms with Crippen molar-refractivity contribution in [1.29, 1.82) is 0 Å². The van der Waals surface area contributed by atoms with Crippen molar-refractivity contribution in [2.75, 3.05) is 24.4 Å². The summed E-state index contributed by atoms with van der Waals surface area (Å²) in [5, 5.41) is 31.1. The maximum Gasteiger partial charge on any atom is 0.269 e. The summed E-state index contributed by atoms with van der Waals surface area (Å²) in [6.07, 6.45) is 0.939. The highest BCUT2D eigenvalue weighted by Gasteiger charge is 2.35. The van der Waals surface area contributed by atoms with Crippen molar-refractivity contribution in [1.82, 2.24) is 14.8 Å². The Balaban J connectivity index is 1.76. The molecular formula is C23H24N6O5. The summed E-state index contributed by atoms with van der Waals surface area (Å²) in [4.78, 5) is 28.9. The molecule has 2 heterocycles. The maximum atomic E-state index is 13.5. The van der Waals surface area contributed by atoms with Gasteiger partial charge in [-0.1, -0.05) is 12.1 Å². The van der Waals surface area contributed by atoms with Gasteiger partial charge in [-0.05, 0) is 43.2 Å². The van der Waals surface area contributed by atoms with Gasteiger partial charge in [-0.2, -0.15) is 10.1 Å². The molecule has 0 unspecified atom stereocenters. The van der Waals surface area contributed by atoms with Crippen molar-refractivity contribution in [2.24, 2.45) is 0 Å². The molecule has 11 nitrogen and oxygen atoms in total. The molecule has 3 aromatic rings. The summed E-state index contributed by atoms with van der Waals surface area (Å²) >= 11 is 0. The Kier molecular flexibility index (Phi) is 6.55. The number of nitrogens with zero attached hydrogens (tertiary/aromatic N) is 4. The number of ether oxygens (including phenoxy) is 1. The third kappa shape index (κ3) is 4.59. The molecule has 11 heteroatoms. The molecule has 1 aromatic heterocycles. The fraction of sp³-hybridized carbons (Fsp3) is 0.261. The van der Waals surface area contributed by atoms with Crippen molar-refractivity contribution < 1.29 is 19.6 Å². The SMILES string of the molecule is COc1ccc(NC(=O)C2=C(C)Nc3nc(CCCO)nn3[C@@H]2c2cccc([N+](=O)[O-])c2)cc1. The van der Waals surface area contributed by atoms with Crippen LogP contribution in [0, 0.1) is 10.1 Å². The van der Waals surface area contributed by atoms with E-state index in [9.17, 15) is 14.9 Å². The zero-order valence-electron chi connectivity index (χ0n) is 18.7. The number of allylic oxidation sites excluding steroid dienone is 1. The summed E-state index contributed by atoms with van der Waals surface area (Å²) < 4.78 is 6.72. The van der Waals surface area contributed by atoms with Crippen LogP contribution < -0.4 is 15.4 Å². The number of nitrogens with one attached hydrogen (secondary N) is 2. The van der Waals surface area contributed by atoms with Gasteiger partial charge < -0.3 is 20.5 Å². The molecule has 0 spiro atoms. The Morgan fingerprint density at radius 2 is 2.06 bits per heavy atom. The zero-order valence-corrected chi connectivity index (χ0v) is 18.7. The van der Waals surface area contributed by atoms with Gasteiger partial charge in [0.2, 0.25) is 5.95 Å². The highest BCUT2D eigenvalue weighted by Crippen LogP contribution is 2.37. The van der Waals surface area contributed by atoms with Gasteiger partial charge in [-0.15, -0.1) is 0 Å². The van der Waals surface area contributed by atoms with Crippen molar-refractivity contribution in [3.05, 3.63) is 81.3 Å². The number of methoxy groups -OCH3 is 1.